The molecule has 4 aliphatic heterocycles. The first-order valence-electron chi connectivity index (χ1n) is 16.7. The number of likely N-dealkylation sites (tertiary alicyclic amines) is 2. The van der Waals surface area contributed by atoms with Crippen molar-refractivity contribution in [2.45, 2.75) is 96.9 Å². The molecule has 9 atom stereocenters. The molecule has 2 N–H and O–H groups in total. The third kappa shape index (κ3) is 5.66. The van der Waals surface area contributed by atoms with Gasteiger partial charge >= 0.3 is 0 Å². The van der Waals surface area contributed by atoms with E-state index < -0.39 is 29.6 Å². The number of aryl methyl sites for hydroxylation is 2. The lowest BCUT2D eigenvalue weighted by Crippen LogP contribution is -2.58. The molecular formula is C35H50N4O4. The molecule has 43 heavy (non-hydrogen) atoms. The van der Waals surface area contributed by atoms with Crippen molar-refractivity contribution < 1.29 is 19.1 Å². The van der Waals surface area contributed by atoms with Gasteiger partial charge in [-0.05, 0) is 93.6 Å². The fourth-order valence-electron chi connectivity index (χ4n) is 8.78. The van der Waals surface area contributed by atoms with Crippen molar-refractivity contribution in [2.24, 2.45) is 29.6 Å². The van der Waals surface area contributed by atoms with E-state index in [9.17, 15) is 14.4 Å². The molecule has 0 radical (unpaired) electrons. The van der Waals surface area contributed by atoms with Gasteiger partial charge in [-0.2, -0.15) is 0 Å². The maximum absolute atomic E-state index is 14.3. The number of anilines is 1. The van der Waals surface area contributed by atoms with E-state index in [0.29, 0.717) is 24.3 Å². The number of rotatable bonds is 8. The summed E-state index contributed by atoms with van der Waals surface area (Å²) in [6.07, 6.45) is 9.76. The van der Waals surface area contributed by atoms with Crippen LogP contribution in [0, 0.1) is 43.4 Å². The Morgan fingerprint density at radius 1 is 1.00 bits per heavy atom. The van der Waals surface area contributed by atoms with E-state index >= 15 is 0 Å². The minimum Gasteiger partial charge on any atom is -0.359 e. The molecule has 4 fully saturated rings. The summed E-state index contributed by atoms with van der Waals surface area (Å²) in [4.78, 5) is 46.7. The largest absolute Gasteiger partial charge is 0.359 e. The second-order valence-electron chi connectivity index (χ2n) is 14.4. The number of carbonyl (C=O) groups is 3. The molecule has 8 nitrogen and oxygen atoms in total. The van der Waals surface area contributed by atoms with Gasteiger partial charge in [-0.3, -0.25) is 14.4 Å². The molecule has 1 aliphatic carbocycles. The molecule has 8 heteroatoms. The van der Waals surface area contributed by atoms with Crippen LogP contribution in [-0.4, -0.2) is 77.5 Å². The first kappa shape index (κ1) is 30.3. The average Bonchev–Trinajstić information content (AvgIpc) is 3.58. The highest BCUT2D eigenvalue weighted by molar-refractivity contribution is 6.02. The minimum atomic E-state index is -1.13. The number of hydrogen-bond acceptors (Lipinski definition) is 5. The van der Waals surface area contributed by atoms with Crippen LogP contribution < -0.4 is 10.6 Å². The lowest BCUT2D eigenvalue weighted by Gasteiger charge is -2.38. The van der Waals surface area contributed by atoms with E-state index in [-0.39, 0.29) is 23.8 Å². The molecule has 4 heterocycles. The Labute approximate surface area is 257 Å². The van der Waals surface area contributed by atoms with Gasteiger partial charge in [-0.15, -0.1) is 0 Å². The number of nitrogens with one attached hydrogen (secondary N) is 2. The molecule has 1 aromatic carbocycles. The molecule has 6 rings (SSSR count). The van der Waals surface area contributed by atoms with Gasteiger partial charge in [-0.1, -0.05) is 51.8 Å². The molecular weight excluding hydrogens is 540 g/mol. The third-order valence-electron chi connectivity index (χ3n) is 11.1. The minimum absolute atomic E-state index is 0.0738. The second kappa shape index (κ2) is 12.0. The van der Waals surface area contributed by atoms with E-state index in [2.05, 4.69) is 42.4 Å². The van der Waals surface area contributed by atoms with Crippen LogP contribution >= 0.6 is 0 Å². The number of hydrogen-bond donors (Lipinski definition) is 2. The number of nitrogens with zero attached hydrogens (tertiary/aromatic N) is 2. The Hall–Kier alpha value is -2.71. The monoisotopic (exact) mass is 590 g/mol. The van der Waals surface area contributed by atoms with Gasteiger partial charge in [0.15, 0.2) is 0 Å². The molecule has 1 saturated carbocycles. The maximum Gasteiger partial charge on any atom is 0.246 e. The van der Waals surface area contributed by atoms with Gasteiger partial charge in [0.25, 0.3) is 0 Å². The second-order valence-corrected chi connectivity index (χ2v) is 14.4. The summed E-state index contributed by atoms with van der Waals surface area (Å²) in [5, 5.41) is 6.44. The van der Waals surface area contributed by atoms with E-state index in [4.69, 9.17) is 4.74 Å². The van der Waals surface area contributed by atoms with Crippen molar-refractivity contribution in [3.8, 4) is 0 Å². The van der Waals surface area contributed by atoms with Gasteiger partial charge in [0.2, 0.25) is 17.7 Å². The molecule has 3 amide bonds. The predicted octanol–water partition coefficient (Wildman–Crippen LogP) is 4.46. The van der Waals surface area contributed by atoms with Gasteiger partial charge in [0.05, 0.1) is 17.9 Å². The van der Waals surface area contributed by atoms with Gasteiger partial charge in [-0.25, -0.2) is 0 Å². The number of ether oxygens (including phenoxy) is 1. The van der Waals surface area contributed by atoms with Crippen molar-refractivity contribution in [3.05, 3.63) is 41.5 Å². The lowest BCUT2D eigenvalue weighted by molar-refractivity contribution is -0.141. The molecule has 234 valence electrons. The summed E-state index contributed by atoms with van der Waals surface area (Å²) in [6, 6.07) is 5.24. The Kier molecular flexibility index (Phi) is 8.46. The summed E-state index contributed by atoms with van der Waals surface area (Å²) in [6.45, 7) is 14.3. The fraction of sp³-hybridized carbons (Fsp3) is 0.686. The number of amides is 3. The van der Waals surface area contributed by atoms with Crippen molar-refractivity contribution in [2.75, 3.05) is 31.5 Å². The number of benzene rings is 1. The first-order valence-corrected chi connectivity index (χ1v) is 16.7. The molecule has 0 unspecified atom stereocenters. The zero-order chi connectivity index (χ0) is 30.5. The highest BCUT2D eigenvalue weighted by Gasteiger charge is 2.72. The average molecular weight is 591 g/mol. The molecule has 2 bridgehead atoms. The molecule has 1 aromatic rings. The first-order chi connectivity index (χ1) is 20.6. The smallest absolute Gasteiger partial charge is 0.246 e. The van der Waals surface area contributed by atoms with Crippen molar-refractivity contribution in [3.63, 3.8) is 0 Å². The van der Waals surface area contributed by atoms with E-state index in [1.165, 1.54) is 19.3 Å². The SMILES string of the molecule is Cc1cc(C)cc(NC(=O)[C@@H]2[C@@H]3C=C[C@]4(O3)[C@@H]2C(=O)N(CCCN2CCC[C@H](C)C2)[C@H]4C(=O)N[C@@H]2CCC[C@H](C)[C@@H]2C)c1. The number of fused-ring (bicyclic) bond motifs is 1. The Bertz CT molecular complexity index is 1260. The van der Waals surface area contributed by atoms with E-state index in [1.807, 2.05) is 38.1 Å². The van der Waals surface area contributed by atoms with Crippen LogP contribution in [0.5, 0.6) is 0 Å². The van der Waals surface area contributed by atoms with E-state index in [0.717, 1.165) is 55.7 Å². The lowest BCUT2D eigenvalue weighted by atomic mass is 9.73. The molecule has 0 aromatic heterocycles. The number of carbonyl (C=O) groups excluding carboxylic acids is 3. The van der Waals surface area contributed by atoms with Crippen LogP contribution in [0.4, 0.5) is 5.69 Å². The highest BCUT2D eigenvalue weighted by Crippen LogP contribution is 2.55. The van der Waals surface area contributed by atoms with Crippen LogP contribution in [0.2, 0.25) is 0 Å². The highest BCUT2D eigenvalue weighted by atomic mass is 16.5. The van der Waals surface area contributed by atoms with Crippen LogP contribution in [0.3, 0.4) is 0 Å². The molecule has 5 aliphatic rings. The summed E-state index contributed by atoms with van der Waals surface area (Å²) < 4.78 is 6.58. The third-order valence-corrected chi connectivity index (χ3v) is 11.1. The van der Waals surface area contributed by atoms with Crippen molar-refractivity contribution >= 4 is 23.4 Å². The van der Waals surface area contributed by atoms with Crippen LogP contribution in [-0.2, 0) is 19.1 Å². The molecule has 3 saturated heterocycles. The van der Waals surface area contributed by atoms with Crippen molar-refractivity contribution in [1.82, 2.24) is 15.1 Å². The van der Waals surface area contributed by atoms with Crippen LogP contribution in [0.25, 0.3) is 0 Å². The standard InChI is InChI=1S/C35H50N4O4/c1-21-9-7-14-38(20-21)15-8-16-39-31(33(41)37-27-11-6-10-24(4)25(27)5)35-13-12-28(43-35)29(30(35)34(39)42)32(40)36-26-18-22(2)17-23(3)19-26/h12-13,17-19,21,24-25,27-31H,6-11,14-16,20H2,1-5H3,(H,36,40)(H,37,41)/t21-,24-,25-,27+,28-,29+,30-,31-,35-/m0/s1. The summed E-state index contributed by atoms with van der Waals surface area (Å²) in [5.74, 6) is -0.321. The fourth-order valence-corrected chi connectivity index (χ4v) is 8.78. The summed E-state index contributed by atoms with van der Waals surface area (Å²) in [5.41, 5.74) is 1.71. The maximum atomic E-state index is 14.3. The van der Waals surface area contributed by atoms with Crippen molar-refractivity contribution in [1.29, 1.82) is 0 Å². The Morgan fingerprint density at radius 3 is 2.51 bits per heavy atom. The summed E-state index contributed by atoms with van der Waals surface area (Å²) in [7, 11) is 0. The topological polar surface area (TPSA) is 91.0 Å². The Balaban J connectivity index is 1.25. The number of piperidine rings is 1. The zero-order valence-corrected chi connectivity index (χ0v) is 26.6. The molecule has 1 spiro atoms. The van der Waals surface area contributed by atoms with Gasteiger partial charge < -0.3 is 25.2 Å². The van der Waals surface area contributed by atoms with E-state index in [1.54, 1.807) is 4.90 Å². The normalized spacial score (nSPS) is 37.0. The van der Waals surface area contributed by atoms with Gasteiger partial charge in [0.1, 0.15) is 11.6 Å². The zero-order valence-electron chi connectivity index (χ0n) is 26.6. The quantitative estimate of drug-likeness (QED) is 0.437. The predicted molar refractivity (Wildman–Crippen MR) is 167 cm³/mol. The van der Waals surface area contributed by atoms with Crippen LogP contribution in [0.1, 0.15) is 70.4 Å². The van der Waals surface area contributed by atoms with Gasteiger partial charge in [0, 0.05) is 24.8 Å². The van der Waals surface area contributed by atoms with Crippen LogP contribution in [0.15, 0.2) is 30.4 Å². The Morgan fingerprint density at radius 2 is 1.77 bits per heavy atom. The summed E-state index contributed by atoms with van der Waals surface area (Å²) >= 11 is 0.